The second-order valence-corrected chi connectivity index (χ2v) is 6.28. The van der Waals surface area contributed by atoms with Gasteiger partial charge in [-0.05, 0) is 22.6 Å². The first-order chi connectivity index (χ1) is 12.1. The molecule has 1 amide bonds. The molecular weight excluding hydrogens is 314 g/mol. The van der Waals surface area contributed by atoms with Gasteiger partial charge in [0.25, 0.3) is 0 Å². The molecule has 0 atom stereocenters. The van der Waals surface area contributed by atoms with Crippen LogP contribution in [0.5, 0.6) is 0 Å². The first-order valence-electron chi connectivity index (χ1n) is 8.35. The highest BCUT2D eigenvalue weighted by molar-refractivity contribution is 5.90. The predicted molar refractivity (Wildman–Crippen MR) is 96.4 cm³/mol. The zero-order valence-electron chi connectivity index (χ0n) is 14.4. The summed E-state index contributed by atoms with van der Waals surface area (Å²) in [6.45, 7) is 4.33. The number of nitrogens with zero attached hydrogens (tertiary/aromatic N) is 2. The van der Waals surface area contributed by atoms with E-state index in [0.717, 1.165) is 11.1 Å². The van der Waals surface area contributed by atoms with Gasteiger partial charge in [-0.25, -0.2) is 0 Å². The lowest BCUT2D eigenvalue weighted by molar-refractivity contribution is -0.115. The number of benzene rings is 2. The number of anilines is 1. The van der Waals surface area contributed by atoms with Crippen LogP contribution in [0.1, 0.15) is 42.3 Å². The molecule has 5 heteroatoms. The summed E-state index contributed by atoms with van der Waals surface area (Å²) in [6.07, 6.45) is 0.815. The van der Waals surface area contributed by atoms with E-state index in [9.17, 15) is 4.79 Å². The molecule has 1 N–H and O–H groups in total. The number of hydrogen-bond donors (Lipinski definition) is 1. The highest BCUT2D eigenvalue weighted by Gasteiger charge is 2.11. The summed E-state index contributed by atoms with van der Waals surface area (Å²) in [4.78, 5) is 12.0. The Balaban J connectivity index is 1.57. The summed E-state index contributed by atoms with van der Waals surface area (Å²) in [5.41, 5.74) is 3.32. The molecule has 0 aliphatic carbocycles. The van der Waals surface area contributed by atoms with Crippen molar-refractivity contribution in [3.63, 3.8) is 0 Å². The summed E-state index contributed by atoms with van der Waals surface area (Å²) in [5.74, 6) is 0.805. The van der Waals surface area contributed by atoms with Crippen LogP contribution in [0.4, 0.5) is 6.01 Å². The van der Waals surface area contributed by atoms with Crippen molar-refractivity contribution in [3.05, 3.63) is 77.2 Å². The molecule has 0 aliphatic rings. The van der Waals surface area contributed by atoms with Crippen molar-refractivity contribution in [3.8, 4) is 0 Å². The van der Waals surface area contributed by atoms with Crippen LogP contribution in [0.3, 0.4) is 0 Å². The summed E-state index contributed by atoms with van der Waals surface area (Å²) < 4.78 is 5.52. The predicted octanol–water partition coefficient (Wildman–Crippen LogP) is 3.97. The number of rotatable bonds is 6. The van der Waals surface area contributed by atoms with Gasteiger partial charge in [-0.1, -0.05) is 73.5 Å². The lowest BCUT2D eigenvalue weighted by atomic mass is 10.0. The largest absolute Gasteiger partial charge is 0.407 e. The first-order valence-corrected chi connectivity index (χ1v) is 8.35. The fraction of sp³-hybridized carbons (Fsp3) is 0.250. The zero-order valence-corrected chi connectivity index (χ0v) is 14.4. The Morgan fingerprint density at radius 3 is 2.40 bits per heavy atom. The maximum atomic E-state index is 12.0. The number of hydrogen-bond acceptors (Lipinski definition) is 4. The fourth-order valence-corrected chi connectivity index (χ4v) is 2.52. The average Bonchev–Trinajstić information content (AvgIpc) is 3.03. The Morgan fingerprint density at radius 1 is 1.00 bits per heavy atom. The Labute approximate surface area is 147 Å². The molecule has 128 valence electrons. The van der Waals surface area contributed by atoms with Crippen molar-refractivity contribution >= 4 is 11.9 Å². The molecule has 0 radical (unpaired) electrons. The average molecular weight is 335 g/mol. The van der Waals surface area contributed by atoms with E-state index in [4.69, 9.17) is 4.42 Å². The minimum atomic E-state index is -0.178. The molecule has 2 aromatic carbocycles. The van der Waals surface area contributed by atoms with E-state index in [1.54, 1.807) is 0 Å². The molecule has 5 nitrogen and oxygen atoms in total. The van der Waals surface area contributed by atoms with Gasteiger partial charge in [-0.2, -0.15) is 0 Å². The van der Waals surface area contributed by atoms with Crippen molar-refractivity contribution in [1.29, 1.82) is 0 Å². The second kappa shape index (κ2) is 7.75. The zero-order chi connectivity index (χ0) is 17.6. The number of aromatic nitrogens is 2. The van der Waals surface area contributed by atoms with Crippen LogP contribution in [0.25, 0.3) is 0 Å². The van der Waals surface area contributed by atoms with Crippen LogP contribution < -0.4 is 5.32 Å². The molecule has 0 aliphatic heterocycles. The van der Waals surface area contributed by atoms with Crippen LogP contribution in [0.2, 0.25) is 0 Å². The molecular formula is C20H21N3O2. The summed E-state index contributed by atoms with van der Waals surface area (Å²) in [7, 11) is 0. The van der Waals surface area contributed by atoms with E-state index in [0.29, 0.717) is 18.2 Å². The van der Waals surface area contributed by atoms with E-state index < -0.39 is 0 Å². The van der Waals surface area contributed by atoms with Gasteiger partial charge in [-0.15, -0.1) is 5.10 Å². The van der Waals surface area contributed by atoms with E-state index in [1.165, 1.54) is 5.56 Å². The Morgan fingerprint density at radius 2 is 1.72 bits per heavy atom. The number of nitrogens with one attached hydrogen (secondary N) is 1. The number of carbonyl (C=O) groups excluding carboxylic acids is 1. The highest BCUT2D eigenvalue weighted by atomic mass is 16.4. The summed E-state index contributed by atoms with van der Waals surface area (Å²) in [5, 5.41) is 10.5. The van der Waals surface area contributed by atoms with E-state index >= 15 is 0 Å². The summed E-state index contributed by atoms with van der Waals surface area (Å²) >= 11 is 0. The molecule has 25 heavy (non-hydrogen) atoms. The molecule has 0 saturated carbocycles. The molecule has 0 bridgehead atoms. The maximum Gasteiger partial charge on any atom is 0.322 e. The van der Waals surface area contributed by atoms with Gasteiger partial charge in [0.1, 0.15) is 0 Å². The molecule has 0 unspecified atom stereocenters. The quantitative estimate of drug-likeness (QED) is 0.740. The van der Waals surface area contributed by atoms with Gasteiger partial charge in [0, 0.05) is 0 Å². The Kier molecular flexibility index (Phi) is 5.23. The van der Waals surface area contributed by atoms with Crippen LogP contribution in [0, 0.1) is 0 Å². The van der Waals surface area contributed by atoms with E-state index in [2.05, 4.69) is 53.6 Å². The summed E-state index contributed by atoms with van der Waals surface area (Å²) in [6, 6.07) is 18.0. The topological polar surface area (TPSA) is 68.0 Å². The van der Waals surface area contributed by atoms with Gasteiger partial charge in [-0.3, -0.25) is 10.1 Å². The number of amides is 1. The van der Waals surface area contributed by atoms with Crippen molar-refractivity contribution in [2.75, 3.05) is 5.32 Å². The van der Waals surface area contributed by atoms with E-state index in [-0.39, 0.29) is 18.3 Å². The van der Waals surface area contributed by atoms with Gasteiger partial charge >= 0.3 is 6.01 Å². The van der Waals surface area contributed by atoms with Gasteiger partial charge in [0.05, 0.1) is 12.8 Å². The minimum absolute atomic E-state index is 0.134. The van der Waals surface area contributed by atoms with Crippen LogP contribution >= 0.6 is 0 Å². The van der Waals surface area contributed by atoms with Gasteiger partial charge in [0.15, 0.2) is 0 Å². The van der Waals surface area contributed by atoms with Gasteiger partial charge < -0.3 is 4.42 Å². The Bertz CT molecular complexity index is 824. The van der Waals surface area contributed by atoms with Crippen molar-refractivity contribution in [2.45, 2.75) is 32.6 Å². The van der Waals surface area contributed by atoms with E-state index in [1.807, 2.05) is 30.3 Å². The molecule has 1 heterocycles. The molecule has 0 spiro atoms. The second-order valence-electron chi connectivity index (χ2n) is 6.28. The van der Waals surface area contributed by atoms with Crippen molar-refractivity contribution < 1.29 is 9.21 Å². The van der Waals surface area contributed by atoms with Crippen molar-refractivity contribution in [2.24, 2.45) is 0 Å². The molecule has 1 aromatic heterocycles. The molecule has 0 saturated heterocycles. The third-order valence-electron chi connectivity index (χ3n) is 3.92. The Hall–Kier alpha value is -2.95. The lowest BCUT2D eigenvalue weighted by Gasteiger charge is -2.05. The lowest BCUT2D eigenvalue weighted by Crippen LogP contribution is -2.14. The standard InChI is InChI=1S/C20H21N3O2/c1-14(2)17-10-8-16(9-11-17)13-19-22-23-20(25-19)21-18(24)12-15-6-4-3-5-7-15/h3-11,14H,12-13H2,1-2H3,(H,21,23,24). The van der Waals surface area contributed by atoms with Crippen LogP contribution in [-0.4, -0.2) is 16.1 Å². The molecule has 3 rings (SSSR count). The highest BCUT2D eigenvalue weighted by Crippen LogP contribution is 2.17. The third-order valence-corrected chi connectivity index (χ3v) is 3.92. The third kappa shape index (κ3) is 4.76. The maximum absolute atomic E-state index is 12.0. The normalized spacial score (nSPS) is 10.8. The SMILES string of the molecule is CC(C)c1ccc(Cc2nnc(NC(=O)Cc3ccccc3)o2)cc1. The van der Waals surface area contributed by atoms with Crippen molar-refractivity contribution in [1.82, 2.24) is 10.2 Å². The fourth-order valence-electron chi connectivity index (χ4n) is 2.52. The minimum Gasteiger partial charge on any atom is -0.407 e. The monoisotopic (exact) mass is 335 g/mol. The molecule has 3 aromatic rings. The van der Waals surface area contributed by atoms with Crippen LogP contribution in [-0.2, 0) is 17.6 Å². The molecule has 0 fully saturated rings. The van der Waals surface area contributed by atoms with Gasteiger partial charge in [0.2, 0.25) is 11.8 Å². The van der Waals surface area contributed by atoms with Crippen LogP contribution in [0.15, 0.2) is 59.0 Å². The number of carbonyl (C=O) groups is 1. The smallest absolute Gasteiger partial charge is 0.322 e. The first kappa shape index (κ1) is 16.9.